The molecule has 1 aromatic carbocycles. The topological polar surface area (TPSA) is 56.9 Å². The molecule has 0 aliphatic heterocycles. The first-order valence-corrected chi connectivity index (χ1v) is 9.97. The van der Waals surface area contributed by atoms with Gasteiger partial charge < -0.3 is 0 Å². The fourth-order valence-corrected chi connectivity index (χ4v) is 5.52. The van der Waals surface area contributed by atoms with Crippen LogP contribution in [-0.4, -0.2) is 22.2 Å². The Labute approximate surface area is 156 Å². The molecule has 0 amide bonds. The van der Waals surface area contributed by atoms with Gasteiger partial charge in [0.05, 0.1) is 10.4 Å². The van der Waals surface area contributed by atoms with E-state index in [2.05, 4.69) is 5.10 Å². The maximum atomic E-state index is 13.0. The van der Waals surface area contributed by atoms with Crippen molar-refractivity contribution in [2.24, 2.45) is 7.05 Å². The zero-order chi connectivity index (χ0) is 19.4. The summed E-state index contributed by atoms with van der Waals surface area (Å²) in [6, 6.07) is 12.5. The van der Waals surface area contributed by atoms with Gasteiger partial charge in [-0.25, -0.2) is 3.97 Å². The number of hydrogen-bond donors (Lipinski definition) is 0. The molecule has 0 saturated carbocycles. The summed E-state index contributed by atoms with van der Waals surface area (Å²) in [6.07, 6.45) is -3.07. The SMILES string of the molecule is Cn1nc(-c2ccc(S(=O)(=O)n3ccc4ccccc43)s2)cc1C(F)(F)F. The van der Waals surface area contributed by atoms with E-state index < -0.39 is 21.9 Å². The largest absolute Gasteiger partial charge is 0.433 e. The average molecular weight is 411 g/mol. The van der Waals surface area contributed by atoms with Crippen molar-refractivity contribution in [3.05, 3.63) is 60.4 Å². The number of aryl methyl sites for hydroxylation is 1. The molecule has 0 aliphatic rings. The van der Waals surface area contributed by atoms with E-state index in [1.165, 1.54) is 25.4 Å². The Balaban J connectivity index is 1.77. The van der Waals surface area contributed by atoms with E-state index in [1.54, 1.807) is 24.3 Å². The van der Waals surface area contributed by atoms with Gasteiger partial charge in [0.15, 0.2) is 0 Å². The van der Waals surface area contributed by atoms with E-state index in [1.807, 2.05) is 6.07 Å². The van der Waals surface area contributed by atoms with Crippen molar-refractivity contribution >= 4 is 32.3 Å². The molecule has 10 heteroatoms. The highest BCUT2D eigenvalue weighted by Gasteiger charge is 2.35. The van der Waals surface area contributed by atoms with Crippen LogP contribution < -0.4 is 0 Å². The summed E-state index contributed by atoms with van der Waals surface area (Å²) in [7, 11) is -2.66. The molecule has 4 rings (SSSR count). The van der Waals surface area contributed by atoms with E-state index in [-0.39, 0.29) is 9.90 Å². The molecule has 0 atom stereocenters. The highest BCUT2D eigenvalue weighted by molar-refractivity contribution is 7.92. The summed E-state index contributed by atoms with van der Waals surface area (Å²) < 4.78 is 66.7. The Morgan fingerprint density at radius 2 is 1.81 bits per heavy atom. The van der Waals surface area contributed by atoms with Crippen molar-refractivity contribution in [3.8, 4) is 10.6 Å². The lowest BCUT2D eigenvalue weighted by atomic mass is 10.3. The van der Waals surface area contributed by atoms with Gasteiger partial charge in [0, 0.05) is 18.6 Å². The van der Waals surface area contributed by atoms with Crippen molar-refractivity contribution in [3.63, 3.8) is 0 Å². The van der Waals surface area contributed by atoms with Gasteiger partial charge in [0.25, 0.3) is 10.0 Å². The second-order valence-corrected chi connectivity index (χ2v) is 8.96. The van der Waals surface area contributed by atoms with Crippen LogP contribution in [-0.2, 0) is 23.2 Å². The van der Waals surface area contributed by atoms with Gasteiger partial charge in [-0.05, 0) is 30.3 Å². The smallest absolute Gasteiger partial charge is 0.263 e. The molecule has 4 aromatic rings. The van der Waals surface area contributed by atoms with Gasteiger partial charge in [-0.1, -0.05) is 18.2 Å². The van der Waals surface area contributed by atoms with E-state index in [4.69, 9.17) is 0 Å². The second kappa shape index (κ2) is 5.96. The third-order valence-corrected chi connectivity index (χ3v) is 7.35. The summed E-state index contributed by atoms with van der Waals surface area (Å²) in [6.45, 7) is 0. The number of benzene rings is 1. The van der Waals surface area contributed by atoms with Crippen LogP contribution in [0.5, 0.6) is 0 Å². The zero-order valence-electron chi connectivity index (χ0n) is 13.8. The molecule has 0 fully saturated rings. The molecule has 0 N–H and O–H groups in total. The highest BCUT2D eigenvalue weighted by atomic mass is 32.2. The Kier molecular flexibility index (Phi) is 3.93. The number of aromatic nitrogens is 3. The standard InChI is InChI=1S/C17H12F3N3O2S2/c1-22-15(17(18,19)20)10-12(21-22)14-6-7-16(26-14)27(24,25)23-9-8-11-4-2-3-5-13(11)23/h2-10H,1H3. The predicted molar refractivity (Wildman–Crippen MR) is 96.0 cm³/mol. The van der Waals surface area contributed by atoms with Crippen LogP contribution in [0.15, 0.2) is 58.9 Å². The first-order chi connectivity index (χ1) is 12.7. The van der Waals surface area contributed by atoms with Crippen LogP contribution in [0.2, 0.25) is 0 Å². The zero-order valence-corrected chi connectivity index (χ0v) is 15.4. The molecule has 5 nitrogen and oxygen atoms in total. The summed E-state index contributed by atoms with van der Waals surface area (Å²) in [5, 5.41) is 4.64. The Morgan fingerprint density at radius 1 is 1.07 bits per heavy atom. The maximum Gasteiger partial charge on any atom is 0.433 e. The predicted octanol–water partition coefficient (Wildman–Crippen LogP) is 4.36. The number of thiophene rings is 1. The van der Waals surface area contributed by atoms with Crippen LogP contribution in [0.25, 0.3) is 21.5 Å². The molecule has 0 bridgehead atoms. The Bertz CT molecular complexity index is 1250. The second-order valence-electron chi connectivity index (χ2n) is 5.83. The number of hydrogen-bond acceptors (Lipinski definition) is 4. The molecule has 0 unspecified atom stereocenters. The van der Waals surface area contributed by atoms with Gasteiger partial charge in [-0.2, -0.15) is 26.7 Å². The lowest BCUT2D eigenvalue weighted by molar-refractivity contribution is -0.143. The quantitative estimate of drug-likeness (QED) is 0.503. The molecular formula is C17H12F3N3O2S2. The maximum absolute atomic E-state index is 13.0. The van der Waals surface area contributed by atoms with E-state index in [0.717, 1.165) is 31.4 Å². The van der Waals surface area contributed by atoms with Crippen molar-refractivity contribution in [1.82, 2.24) is 13.8 Å². The first kappa shape index (κ1) is 17.8. The lowest BCUT2D eigenvalue weighted by Gasteiger charge is -2.04. The molecule has 27 heavy (non-hydrogen) atoms. The molecular weight excluding hydrogens is 399 g/mol. The third kappa shape index (κ3) is 2.94. The van der Waals surface area contributed by atoms with Gasteiger partial charge in [0.1, 0.15) is 15.6 Å². The fourth-order valence-electron chi connectivity index (χ4n) is 2.81. The van der Waals surface area contributed by atoms with Gasteiger partial charge in [-0.15, -0.1) is 11.3 Å². The number of nitrogens with zero attached hydrogens (tertiary/aromatic N) is 3. The van der Waals surface area contributed by atoms with Crippen molar-refractivity contribution < 1.29 is 21.6 Å². The average Bonchev–Trinajstić information content (AvgIpc) is 3.31. The molecule has 3 heterocycles. The summed E-state index contributed by atoms with van der Waals surface area (Å²) in [5.74, 6) is 0. The number of halogens is 3. The summed E-state index contributed by atoms with van der Waals surface area (Å²) in [4.78, 5) is 0.344. The summed E-state index contributed by atoms with van der Waals surface area (Å²) >= 11 is 0.880. The minimum absolute atomic E-state index is 0.0260. The molecule has 0 radical (unpaired) electrons. The van der Waals surface area contributed by atoms with Gasteiger partial charge in [0.2, 0.25) is 0 Å². The number of para-hydroxylation sites is 1. The Morgan fingerprint density at radius 3 is 2.52 bits per heavy atom. The summed E-state index contributed by atoms with van der Waals surface area (Å²) in [5.41, 5.74) is -0.287. The number of rotatable bonds is 3. The molecule has 0 spiro atoms. The number of alkyl halides is 3. The minimum Gasteiger partial charge on any atom is -0.263 e. The molecule has 0 aliphatic carbocycles. The van der Waals surface area contributed by atoms with Crippen molar-refractivity contribution in [1.29, 1.82) is 0 Å². The van der Waals surface area contributed by atoms with Crippen molar-refractivity contribution in [2.45, 2.75) is 10.4 Å². The highest BCUT2D eigenvalue weighted by Crippen LogP contribution is 2.36. The van der Waals surface area contributed by atoms with Crippen LogP contribution in [0, 0.1) is 0 Å². The first-order valence-electron chi connectivity index (χ1n) is 7.71. The molecule has 3 aromatic heterocycles. The van der Waals surface area contributed by atoms with Crippen LogP contribution in [0.3, 0.4) is 0 Å². The number of fused-ring (bicyclic) bond motifs is 1. The minimum atomic E-state index is -4.53. The normalized spacial score (nSPS) is 12.7. The van der Waals surface area contributed by atoms with Crippen LogP contribution in [0.4, 0.5) is 13.2 Å². The lowest BCUT2D eigenvalue weighted by Crippen LogP contribution is -2.11. The van der Waals surface area contributed by atoms with E-state index in [9.17, 15) is 21.6 Å². The van der Waals surface area contributed by atoms with Crippen molar-refractivity contribution in [2.75, 3.05) is 0 Å². The monoisotopic (exact) mass is 411 g/mol. The third-order valence-electron chi connectivity index (χ3n) is 4.08. The fraction of sp³-hybridized carbons (Fsp3) is 0.118. The molecule has 0 saturated heterocycles. The van der Waals surface area contributed by atoms with Gasteiger partial charge in [-0.3, -0.25) is 4.68 Å². The molecule has 140 valence electrons. The van der Waals surface area contributed by atoms with Crippen LogP contribution in [0.1, 0.15) is 5.69 Å². The van der Waals surface area contributed by atoms with Crippen LogP contribution >= 0.6 is 11.3 Å². The van der Waals surface area contributed by atoms with E-state index >= 15 is 0 Å². The van der Waals surface area contributed by atoms with E-state index in [0.29, 0.717) is 10.4 Å². The Hall–Kier alpha value is -2.59. The van der Waals surface area contributed by atoms with Gasteiger partial charge >= 0.3 is 6.18 Å².